The first-order chi connectivity index (χ1) is 9.78. The molecule has 0 radical (unpaired) electrons. The van der Waals surface area contributed by atoms with E-state index < -0.39 is 0 Å². The molecule has 0 unspecified atom stereocenters. The second-order valence-electron chi connectivity index (χ2n) is 5.05. The number of rotatable bonds is 5. The van der Waals surface area contributed by atoms with Crippen molar-refractivity contribution in [3.8, 4) is 0 Å². The van der Waals surface area contributed by atoms with Gasteiger partial charge in [0.05, 0.1) is 6.42 Å². The summed E-state index contributed by atoms with van der Waals surface area (Å²) in [4.78, 5) is 16.5. The molecule has 5 heteroatoms. The molecule has 20 heavy (non-hydrogen) atoms. The second kappa shape index (κ2) is 5.45. The van der Waals surface area contributed by atoms with Crippen LogP contribution >= 0.6 is 0 Å². The van der Waals surface area contributed by atoms with Crippen molar-refractivity contribution in [1.82, 2.24) is 14.8 Å². The lowest BCUT2D eigenvalue weighted by atomic mass is 10.0. The van der Waals surface area contributed by atoms with Crippen LogP contribution in [0.5, 0.6) is 0 Å². The summed E-state index contributed by atoms with van der Waals surface area (Å²) in [5.41, 5.74) is 3.12. The third-order valence-electron chi connectivity index (χ3n) is 3.59. The van der Waals surface area contributed by atoms with Crippen LogP contribution in [0.2, 0.25) is 0 Å². The summed E-state index contributed by atoms with van der Waals surface area (Å²) < 4.78 is 1.81. The summed E-state index contributed by atoms with van der Waals surface area (Å²) >= 11 is 0. The van der Waals surface area contributed by atoms with E-state index in [1.54, 1.807) is 0 Å². The van der Waals surface area contributed by atoms with Gasteiger partial charge in [-0.1, -0.05) is 19.1 Å². The molecule has 2 heterocycles. The lowest BCUT2D eigenvalue weighted by Crippen LogP contribution is -2.11. The van der Waals surface area contributed by atoms with Gasteiger partial charge in [0.2, 0.25) is 0 Å². The number of Topliss-reactive ketones (excluding diaryl/α,β-unsaturated/α-hetero) is 1. The summed E-state index contributed by atoms with van der Waals surface area (Å²) in [6.45, 7) is 3.84. The number of carbonyl (C=O) groups excluding carboxylic acids is 1. The van der Waals surface area contributed by atoms with Gasteiger partial charge in [0, 0.05) is 24.3 Å². The number of nitrogens with one attached hydrogen (secondary N) is 1. The Morgan fingerprint density at radius 1 is 1.45 bits per heavy atom. The largest absolute Gasteiger partial charge is 0.384 e. The summed E-state index contributed by atoms with van der Waals surface area (Å²) in [7, 11) is 0. The molecule has 0 saturated carbocycles. The minimum Gasteiger partial charge on any atom is -0.384 e. The molecular weight excluding hydrogens is 252 g/mol. The summed E-state index contributed by atoms with van der Waals surface area (Å²) in [5, 5.41) is 7.45. The van der Waals surface area contributed by atoms with E-state index in [0.717, 1.165) is 43.0 Å². The molecule has 0 saturated heterocycles. The Morgan fingerprint density at radius 3 is 3.20 bits per heavy atom. The van der Waals surface area contributed by atoms with Gasteiger partial charge in [-0.3, -0.25) is 4.79 Å². The number of ketones is 1. The second-order valence-corrected chi connectivity index (χ2v) is 5.05. The molecule has 0 aliphatic carbocycles. The third kappa shape index (κ3) is 2.43. The van der Waals surface area contributed by atoms with Gasteiger partial charge in [-0.25, -0.2) is 9.67 Å². The van der Waals surface area contributed by atoms with Gasteiger partial charge in [-0.2, -0.15) is 5.10 Å². The number of aryl methyl sites for hydroxylation is 1. The van der Waals surface area contributed by atoms with Crippen molar-refractivity contribution in [3.63, 3.8) is 0 Å². The molecule has 0 fully saturated rings. The number of hydrogen-bond acceptors (Lipinski definition) is 4. The SMILES string of the molecule is CCCn1ncnc1CC(=O)c1ccc2c(c1)NCC2. The van der Waals surface area contributed by atoms with Gasteiger partial charge in [-0.15, -0.1) is 0 Å². The summed E-state index contributed by atoms with van der Waals surface area (Å²) in [6, 6.07) is 5.90. The molecule has 0 spiro atoms. The molecule has 3 rings (SSSR count). The molecular formula is C15H18N4O. The molecule has 1 N–H and O–H groups in total. The minimum atomic E-state index is 0.0897. The molecule has 0 atom stereocenters. The number of hydrogen-bond donors (Lipinski definition) is 1. The van der Waals surface area contributed by atoms with Gasteiger partial charge >= 0.3 is 0 Å². The molecule has 104 valence electrons. The predicted octanol–water partition coefficient (Wildman–Crippen LogP) is 2.08. The van der Waals surface area contributed by atoms with Crippen LogP contribution < -0.4 is 5.32 Å². The molecule has 5 nitrogen and oxygen atoms in total. The Balaban J connectivity index is 1.77. The van der Waals surface area contributed by atoms with Crippen molar-refractivity contribution in [1.29, 1.82) is 0 Å². The summed E-state index contributed by atoms with van der Waals surface area (Å²) in [5.74, 6) is 0.831. The maximum absolute atomic E-state index is 12.4. The zero-order chi connectivity index (χ0) is 13.9. The van der Waals surface area contributed by atoms with Crippen LogP contribution in [0.1, 0.15) is 35.1 Å². The average molecular weight is 270 g/mol. The first-order valence-electron chi connectivity index (χ1n) is 7.04. The third-order valence-corrected chi connectivity index (χ3v) is 3.59. The van der Waals surface area contributed by atoms with E-state index in [-0.39, 0.29) is 5.78 Å². The number of benzene rings is 1. The van der Waals surface area contributed by atoms with Gasteiger partial charge in [0.1, 0.15) is 12.2 Å². The van der Waals surface area contributed by atoms with Crippen LogP contribution in [-0.4, -0.2) is 27.1 Å². The maximum Gasteiger partial charge on any atom is 0.170 e. The molecule has 1 aliphatic rings. The van der Waals surface area contributed by atoms with Crippen LogP contribution in [0.25, 0.3) is 0 Å². The number of aromatic nitrogens is 3. The lowest BCUT2D eigenvalue weighted by Gasteiger charge is -2.06. The fraction of sp³-hybridized carbons (Fsp3) is 0.400. The topological polar surface area (TPSA) is 59.8 Å². The highest BCUT2D eigenvalue weighted by molar-refractivity contribution is 5.98. The maximum atomic E-state index is 12.4. The van der Waals surface area contributed by atoms with Crippen molar-refractivity contribution in [2.75, 3.05) is 11.9 Å². The normalized spacial score (nSPS) is 13.1. The van der Waals surface area contributed by atoms with Crippen molar-refractivity contribution in [2.24, 2.45) is 0 Å². The van der Waals surface area contributed by atoms with Crippen molar-refractivity contribution in [2.45, 2.75) is 32.7 Å². The first kappa shape index (κ1) is 12.8. The highest BCUT2D eigenvalue weighted by Crippen LogP contribution is 2.23. The molecule has 1 aromatic carbocycles. The number of carbonyl (C=O) groups is 1. The van der Waals surface area contributed by atoms with Crippen molar-refractivity contribution >= 4 is 11.5 Å². The van der Waals surface area contributed by atoms with E-state index in [4.69, 9.17) is 0 Å². The van der Waals surface area contributed by atoms with E-state index in [9.17, 15) is 4.79 Å². The fourth-order valence-electron chi connectivity index (χ4n) is 2.53. The Kier molecular flexibility index (Phi) is 3.50. The Hall–Kier alpha value is -2.17. The first-order valence-corrected chi connectivity index (χ1v) is 7.04. The Morgan fingerprint density at radius 2 is 2.35 bits per heavy atom. The fourth-order valence-corrected chi connectivity index (χ4v) is 2.53. The van der Waals surface area contributed by atoms with Gasteiger partial charge in [-0.05, 0) is 24.5 Å². The standard InChI is InChI=1S/C15H18N4O/c1-2-7-19-15(17-10-18-19)9-14(20)12-4-3-11-5-6-16-13(11)8-12/h3-4,8,10,16H,2,5-7,9H2,1H3. The molecule has 0 amide bonds. The van der Waals surface area contributed by atoms with E-state index in [2.05, 4.69) is 22.3 Å². The van der Waals surface area contributed by atoms with Gasteiger partial charge in [0.15, 0.2) is 5.78 Å². The van der Waals surface area contributed by atoms with Crippen LogP contribution in [0, 0.1) is 0 Å². The molecule has 1 aliphatic heterocycles. The minimum absolute atomic E-state index is 0.0897. The molecule has 0 bridgehead atoms. The average Bonchev–Trinajstić information content (AvgIpc) is 3.07. The Bertz CT molecular complexity index is 633. The predicted molar refractivity (Wildman–Crippen MR) is 77.0 cm³/mol. The number of nitrogens with zero attached hydrogens (tertiary/aromatic N) is 3. The van der Waals surface area contributed by atoms with E-state index >= 15 is 0 Å². The van der Waals surface area contributed by atoms with Gasteiger partial charge in [0.25, 0.3) is 0 Å². The summed E-state index contributed by atoms with van der Waals surface area (Å²) in [6.07, 6.45) is 3.84. The highest BCUT2D eigenvalue weighted by atomic mass is 16.1. The van der Waals surface area contributed by atoms with E-state index in [1.165, 1.54) is 11.9 Å². The van der Waals surface area contributed by atoms with Crippen LogP contribution in [0.3, 0.4) is 0 Å². The molecule has 1 aromatic heterocycles. The zero-order valence-corrected chi connectivity index (χ0v) is 11.6. The Labute approximate surface area is 118 Å². The van der Waals surface area contributed by atoms with Crippen LogP contribution in [0.15, 0.2) is 24.5 Å². The van der Waals surface area contributed by atoms with Crippen molar-refractivity contribution < 1.29 is 4.79 Å². The van der Waals surface area contributed by atoms with E-state index in [0.29, 0.717) is 6.42 Å². The highest BCUT2D eigenvalue weighted by Gasteiger charge is 2.15. The smallest absolute Gasteiger partial charge is 0.170 e. The zero-order valence-electron chi connectivity index (χ0n) is 11.6. The number of fused-ring (bicyclic) bond motifs is 1. The van der Waals surface area contributed by atoms with E-state index in [1.807, 2.05) is 22.9 Å². The van der Waals surface area contributed by atoms with Gasteiger partial charge < -0.3 is 5.32 Å². The number of anilines is 1. The van der Waals surface area contributed by atoms with Crippen molar-refractivity contribution in [3.05, 3.63) is 41.5 Å². The quantitative estimate of drug-likeness (QED) is 0.845. The molecule has 2 aromatic rings. The van der Waals surface area contributed by atoms with Crippen LogP contribution in [-0.2, 0) is 19.4 Å². The monoisotopic (exact) mass is 270 g/mol. The lowest BCUT2D eigenvalue weighted by molar-refractivity contribution is 0.0989. The van der Waals surface area contributed by atoms with Crippen LogP contribution in [0.4, 0.5) is 5.69 Å².